The van der Waals surface area contributed by atoms with Crippen molar-refractivity contribution in [2.45, 2.75) is 32.7 Å². The van der Waals surface area contributed by atoms with E-state index in [1.807, 2.05) is 6.07 Å². The third-order valence-electron chi connectivity index (χ3n) is 2.69. The molecule has 0 unspecified atom stereocenters. The number of phenols is 1. The van der Waals surface area contributed by atoms with Gasteiger partial charge in [0.2, 0.25) is 0 Å². The van der Waals surface area contributed by atoms with Gasteiger partial charge in [-0.1, -0.05) is 19.9 Å². The zero-order valence-corrected chi connectivity index (χ0v) is 10.2. The Morgan fingerprint density at radius 2 is 2.00 bits per heavy atom. The predicted molar refractivity (Wildman–Crippen MR) is 65.7 cm³/mol. The highest BCUT2D eigenvalue weighted by molar-refractivity contribution is 5.45. The molecule has 3 heteroatoms. The Kier molecular flexibility index (Phi) is 4.62. The van der Waals surface area contributed by atoms with Gasteiger partial charge in [0.05, 0.1) is 12.7 Å². The summed E-state index contributed by atoms with van der Waals surface area (Å²) in [6.07, 6.45) is 1.89. The van der Waals surface area contributed by atoms with Gasteiger partial charge >= 0.3 is 0 Å². The summed E-state index contributed by atoms with van der Waals surface area (Å²) >= 11 is 0. The van der Waals surface area contributed by atoms with E-state index in [1.165, 1.54) is 0 Å². The monoisotopic (exact) mass is 223 g/mol. The van der Waals surface area contributed by atoms with Crippen molar-refractivity contribution >= 4 is 0 Å². The van der Waals surface area contributed by atoms with Gasteiger partial charge in [-0.25, -0.2) is 0 Å². The van der Waals surface area contributed by atoms with Gasteiger partial charge in [-0.2, -0.15) is 0 Å². The van der Waals surface area contributed by atoms with Crippen molar-refractivity contribution in [2.24, 2.45) is 11.7 Å². The number of ether oxygens (including phenoxy) is 1. The summed E-state index contributed by atoms with van der Waals surface area (Å²) in [5.41, 5.74) is 6.79. The zero-order chi connectivity index (χ0) is 12.1. The summed E-state index contributed by atoms with van der Waals surface area (Å²) in [7, 11) is 1.59. The predicted octanol–water partition coefficient (Wildman–Crippen LogP) is 2.84. The lowest BCUT2D eigenvalue weighted by Gasteiger charge is -2.17. The summed E-state index contributed by atoms with van der Waals surface area (Å²) in [5, 5.41) is 9.80. The lowest BCUT2D eigenvalue weighted by molar-refractivity contribution is 0.387. The van der Waals surface area contributed by atoms with Crippen LogP contribution in [-0.2, 0) is 0 Å². The van der Waals surface area contributed by atoms with E-state index < -0.39 is 0 Å². The maximum atomic E-state index is 9.80. The van der Waals surface area contributed by atoms with Crippen LogP contribution in [0.15, 0.2) is 18.2 Å². The summed E-state index contributed by atoms with van der Waals surface area (Å²) in [6, 6.07) is 5.06. The molecule has 0 heterocycles. The van der Waals surface area contributed by atoms with Gasteiger partial charge in [0, 0.05) is 6.04 Å². The molecule has 1 aromatic rings. The number of hydrogen-bond donors (Lipinski definition) is 2. The van der Waals surface area contributed by atoms with Crippen LogP contribution in [0, 0.1) is 5.92 Å². The van der Waals surface area contributed by atoms with Crippen molar-refractivity contribution < 1.29 is 9.84 Å². The van der Waals surface area contributed by atoms with Gasteiger partial charge in [-0.05, 0) is 30.9 Å². The number of phenolic OH excluding ortho intramolecular Hbond substituents is 1. The van der Waals surface area contributed by atoms with Crippen molar-refractivity contribution in [2.75, 3.05) is 7.11 Å². The van der Waals surface area contributed by atoms with Crippen LogP contribution in [0.5, 0.6) is 11.5 Å². The van der Waals surface area contributed by atoms with Crippen molar-refractivity contribution in [1.29, 1.82) is 0 Å². The van der Waals surface area contributed by atoms with Crippen LogP contribution in [0.25, 0.3) is 0 Å². The third-order valence-corrected chi connectivity index (χ3v) is 2.69. The molecule has 0 saturated heterocycles. The minimum Gasteiger partial charge on any atom is -0.507 e. The number of hydrogen-bond acceptors (Lipinski definition) is 3. The molecule has 0 aliphatic rings. The maximum absolute atomic E-state index is 9.80. The molecular weight excluding hydrogens is 202 g/mol. The molecule has 0 bridgehead atoms. The molecular formula is C13H21NO2. The van der Waals surface area contributed by atoms with E-state index in [9.17, 15) is 5.11 Å². The fraction of sp³-hybridized carbons (Fsp3) is 0.538. The number of rotatable bonds is 5. The second-order valence-electron chi connectivity index (χ2n) is 4.47. The third kappa shape index (κ3) is 3.14. The second-order valence-corrected chi connectivity index (χ2v) is 4.47. The first kappa shape index (κ1) is 12.8. The molecule has 0 aromatic heterocycles. The first-order valence-electron chi connectivity index (χ1n) is 5.67. The molecule has 3 nitrogen and oxygen atoms in total. The number of methoxy groups -OCH3 is 1. The van der Waals surface area contributed by atoms with Crippen LogP contribution < -0.4 is 10.5 Å². The van der Waals surface area contributed by atoms with Crippen LogP contribution in [0.4, 0.5) is 0 Å². The fourth-order valence-electron chi connectivity index (χ4n) is 1.74. The Bertz CT molecular complexity index is 337. The van der Waals surface area contributed by atoms with Crippen molar-refractivity contribution in [3.8, 4) is 11.5 Å². The first-order valence-corrected chi connectivity index (χ1v) is 5.67. The molecule has 0 amide bonds. The van der Waals surface area contributed by atoms with Crippen LogP contribution in [-0.4, -0.2) is 12.2 Å². The summed E-state index contributed by atoms with van der Waals surface area (Å²) in [6.45, 7) is 4.32. The van der Waals surface area contributed by atoms with Gasteiger partial charge in [-0.3, -0.25) is 0 Å². The highest BCUT2D eigenvalue weighted by Crippen LogP contribution is 2.34. The van der Waals surface area contributed by atoms with Gasteiger partial charge in [0.25, 0.3) is 0 Å². The van der Waals surface area contributed by atoms with E-state index in [0.29, 0.717) is 17.2 Å². The highest BCUT2D eigenvalue weighted by Gasteiger charge is 2.16. The van der Waals surface area contributed by atoms with Gasteiger partial charge in [0.15, 0.2) is 0 Å². The summed E-state index contributed by atoms with van der Waals surface area (Å²) in [5.74, 6) is 1.50. The van der Waals surface area contributed by atoms with Gasteiger partial charge in [0.1, 0.15) is 11.5 Å². The average Bonchev–Trinajstić information content (AvgIpc) is 2.25. The molecule has 90 valence electrons. The van der Waals surface area contributed by atoms with Gasteiger partial charge in [-0.15, -0.1) is 0 Å². The normalized spacial score (nSPS) is 12.8. The lowest BCUT2D eigenvalue weighted by Crippen LogP contribution is -2.12. The largest absolute Gasteiger partial charge is 0.507 e. The topological polar surface area (TPSA) is 55.5 Å². The van der Waals surface area contributed by atoms with E-state index in [-0.39, 0.29) is 11.8 Å². The van der Waals surface area contributed by atoms with Crippen LogP contribution >= 0.6 is 0 Å². The quantitative estimate of drug-likeness (QED) is 0.807. The Morgan fingerprint density at radius 3 is 2.56 bits per heavy atom. The van der Waals surface area contributed by atoms with Crippen molar-refractivity contribution in [3.05, 3.63) is 23.8 Å². The van der Waals surface area contributed by atoms with E-state index in [1.54, 1.807) is 19.2 Å². The molecule has 0 fully saturated rings. The lowest BCUT2D eigenvalue weighted by atomic mass is 9.97. The maximum Gasteiger partial charge on any atom is 0.127 e. The van der Waals surface area contributed by atoms with Crippen LogP contribution in [0.2, 0.25) is 0 Å². The highest BCUT2D eigenvalue weighted by atomic mass is 16.5. The smallest absolute Gasteiger partial charge is 0.127 e. The van der Waals surface area contributed by atoms with E-state index in [2.05, 4.69) is 13.8 Å². The molecule has 0 radical (unpaired) electrons. The molecule has 16 heavy (non-hydrogen) atoms. The molecule has 3 N–H and O–H groups in total. The second kappa shape index (κ2) is 5.75. The number of benzene rings is 1. The van der Waals surface area contributed by atoms with Crippen LogP contribution in [0.3, 0.4) is 0 Å². The van der Waals surface area contributed by atoms with Crippen LogP contribution in [0.1, 0.15) is 38.3 Å². The minimum atomic E-state index is -0.168. The fourth-order valence-corrected chi connectivity index (χ4v) is 1.74. The molecule has 0 aliphatic carbocycles. The molecule has 1 atom stereocenters. The average molecular weight is 223 g/mol. The Morgan fingerprint density at radius 1 is 1.31 bits per heavy atom. The Balaban J connectivity index is 2.84. The number of aromatic hydroxyl groups is 1. The Hall–Kier alpha value is -1.22. The number of nitrogens with two attached hydrogens (primary N) is 1. The Labute approximate surface area is 97.2 Å². The SMILES string of the molecule is COc1cccc(O)c1[C@H](N)CCC(C)C. The first-order chi connectivity index (χ1) is 7.56. The molecule has 0 aliphatic heterocycles. The molecule has 1 aromatic carbocycles. The minimum absolute atomic E-state index is 0.168. The van der Waals surface area contributed by atoms with Gasteiger partial charge < -0.3 is 15.6 Å². The standard InChI is InChI=1S/C13H21NO2/c1-9(2)7-8-10(14)13-11(15)5-4-6-12(13)16-3/h4-6,9-10,15H,7-8,14H2,1-3H3/t10-/m1/s1. The van der Waals surface area contributed by atoms with Crippen molar-refractivity contribution in [3.63, 3.8) is 0 Å². The van der Waals surface area contributed by atoms with E-state index in [0.717, 1.165) is 12.8 Å². The summed E-state index contributed by atoms with van der Waals surface area (Å²) < 4.78 is 5.21. The molecule has 1 rings (SSSR count). The molecule has 0 spiro atoms. The van der Waals surface area contributed by atoms with E-state index >= 15 is 0 Å². The van der Waals surface area contributed by atoms with E-state index in [4.69, 9.17) is 10.5 Å². The summed E-state index contributed by atoms with van der Waals surface area (Å²) in [4.78, 5) is 0. The molecule has 0 saturated carbocycles. The van der Waals surface area contributed by atoms with Crippen molar-refractivity contribution in [1.82, 2.24) is 0 Å². The zero-order valence-electron chi connectivity index (χ0n) is 10.2.